The quantitative estimate of drug-likeness (QED) is 0.785. The Balaban J connectivity index is 2.36. The third kappa shape index (κ3) is 2.10. The lowest BCUT2D eigenvalue weighted by Gasteiger charge is -2.12. The van der Waals surface area contributed by atoms with Crippen LogP contribution in [-0.4, -0.2) is 15.6 Å². The van der Waals surface area contributed by atoms with Gasteiger partial charge in [-0.2, -0.15) is 4.68 Å². The van der Waals surface area contributed by atoms with Gasteiger partial charge in [-0.15, -0.1) is 11.3 Å². The fraction of sp³-hybridized carbons (Fsp3) is 0.0714. The average molecular weight is 285 g/mol. The number of aromatic nitrogens is 2. The van der Waals surface area contributed by atoms with E-state index >= 15 is 0 Å². The predicted octanol–water partition coefficient (Wildman–Crippen LogP) is 2.21. The number of amides is 1. The Hall–Kier alpha value is -2.47. The Morgan fingerprint density at radius 1 is 1.25 bits per heavy atom. The normalized spacial score (nSPS) is 10.7. The van der Waals surface area contributed by atoms with E-state index < -0.39 is 0 Å². The summed E-state index contributed by atoms with van der Waals surface area (Å²) < 4.78 is 1.20. The number of carbonyl (C=O) groups is 1. The zero-order valence-electron chi connectivity index (χ0n) is 10.7. The summed E-state index contributed by atoms with van der Waals surface area (Å²) in [5.74, 6) is 0.126. The second-order valence-electron chi connectivity index (χ2n) is 4.24. The van der Waals surface area contributed by atoms with Crippen molar-refractivity contribution in [2.45, 2.75) is 6.92 Å². The first-order valence-corrected chi connectivity index (χ1v) is 6.88. The number of thiophene rings is 1. The largest absolute Gasteiger partial charge is 0.280 e. The minimum absolute atomic E-state index is 0.283. The number of nitrogens with zero attached hydrogens (tertiary/aromatic N) is 2. The molecule has 1 N–H and O–H groups in total. The molecule has 2 heterocycles. The number of fused-ring (bicyclic) bond motifs is 1. The van der Waals surface area contributed by atoms with E-state index in [-0.39, 0.29) is 11.5 Å². The molecule has 100 valence electrons. The van der Waals surface area contributed by atoms with E-state index in [9.17, 15) is 9.59 Å². The van der Waals surface area contributed by atoms with E-state index in [1.165, 1.54) is 22.9 Å². The van der Waals surface area contributed by atoms with E-state index in [0.29, 0.717) is 16.7 Å². The average Bonchev–Trinajstić information content (AvgIpc) is 2.95. The number of hydrogen-bond acceptors (Lipinski definition) is 4. The lowest BCUT2D eigenvalue weighted by Crippen LogP contribution is -2.33. The molecule has 0 saturated heterocycles. The Morgan fingerprint density at radius 3 is 2.75 bits per heavy atom. The van der Waals surface area contributed by atoms with Gasteiger partial charge in [-0.1, -0.05) is 18.2 Å². The van der Waals surface area contributed by atoms with Gasteiger partial charge in [-0.3, -0.25) is 15.0 Å². The Labute approximate surface area is 118 Å². The molecule has 0 spiro atoms. The van der Waals surface area contributed by atoms with Crippen LogP contribution in [0.25, 0.3) is 21.6 Å². The fourth-order valence-electron chi connectivity index (χ4n) is 1.96. The molecule has 0 bridgehead atoms. The van der Waals surface area contributed by atoms with Gasteiger partial charge in [0.25, 0.3) is 5.56 Å². The third-order valence-corrected chi connectivity index (χ3v) is 3.65. The Morgan fingerprint density at radius 2 is 2.05 bits per heavy atom. The smallest absolute Gasteiger partial charge is 0.274 e. The molecule has 0 saturated carbocycles. The van der Waals surface area contributed by atoms with Gasteiger partial charge in [0.15, 0.2) is 5.82 Å². The monoisotopic (exact) mass is 285 g/mol. The van der Waals surface area contributed by atoms with Crippen LogP contribution in [0.2, 0.25) is 0 Å². The summed E-state index contributed by atoms with van der Waals surface area (Å²) in [6.45, 7) is 1.36. The standard InChI is InChI=1S/C14H11N3O2S/c1-9(18)16-17-13(12-7-4-8-20-12)15-11-6-3-2-5-10(11)14(17)19/h2-8H,1H3,(H,16,18). The molecule has 3 rings (SSSR count). The first-order valence-electron chi connectivity index (χ1n) is 6.00. The Bertz CT molecular complexity index is 837. The molecule has 0 aliphatic rings. The fourth-order valence-corrected chi connectivity index (χ4v) is 2.67. The highest BCUT2D eigenvalue weighted by atomic mass is 32.1. The highest BCUT2D eigenvalue weighted by molar-refractivity contribution is 7.13. The van der Waals surface area contributed by atoms with Crippen molar-refractivity contribution in [1.82, 2.24) is 9.66 Å². The second-order valence-corrected chi connectivity index (χ2v) is 5.19. The van der Waals surface area contributed by atoms with Crippen LogP contribution in [0.3, 0.4) is 0 Å². The summed E-state index contributed by atoms with van der Waals surface area (Å²) in [7, 11) is 0. The van der Waals surface area contributed by atoms with Crippen LogP contribution >= 0.6 is 11.3 Å². The van der Waals surface area contributed by atoms with Crippen molar-refractivity contribution >= 4 is 28.1 Å². The van der Waals surface area contributed by atoms with Crippen LogP contribution in [0.1, 0.15) is 6.92 Å². The molecule has 0 aliphatic heterocycles. The highest BCUT2D eigenvalue weighted by Gasteiger charge is 2.14. The van der Waals surface area contributed by atoms with Crippen molar-refractivity contribution in [1.29, 1.82) is 0 Å². The predicted molar refractivity (Wildman–Crippen MR) is 79.4 cm³/mol. The van der Waals surface area contributed by atoms with Gasteiger partial charge in [0.1, 0.15) is 0 Å². The maximum Gasteiger partial charge on any atom is 0.280 e. The van der Waals surface area contributed by atoms with Crippen LogP contribution in [0, 0.1) is 0 Å². The maximum atomic E-state index is 12.5. The van der Waals surface area contributed by atoms with Gasteiger partial charge in [0.05, 0.1) is 15.8 Å². The zero-order valence-corrected chi connectivity index (χ0v) is 11.5. The minimum atomic E-state index is -0.318. The lowest BCUT2D eigenvalue weighted by atomic mass is 10.2. The lowest BCUT2D eigenvalue weighted by molar-refractivity contribution is -0.115. The molecular formula is C14H11N3O2S. The van der Waals surface area contributed by atoms with Gasteiger partial charge in [-0.25, -0.2) is 4.98 Å². The van der Waals surface area contributed by atoms with Gasteiger partial charge < -0.3 is 0 Å². The number of rotatable bonds is 2. The third-order valence-electron chi connectivity index (χ3n) is 2.79. The molecule has 1 aromatic carbocycles. The summed E-state index contributed by atoms with van der Waals surface area (Å²) >= 11 is 1.46. The molecule has 1 amide bonds. The summed E-state index contributed by atoms with van der Waals surface area (Å²) in [6.07, 6.45) is 0. The van der Waals surface area contributed by atoms with Gasteiger partial charge in [-0.05, 0) is 23.6 Å². The number of hydrogen-bond donors (Lipinski definition) is 1. The molecule has 2 aromatic heterocycles. The van der Waals surface area contributed by atoms with Gasteiger partial charge >= 0.3 is 0 Å². The number of para-hydroxylation sites is 1. The zero-order chi connectivity index (χ0) is 14.1. The van der Waals surface area contributed by atoms with Gasteiger partial charge in [0, 0.05) is 6.92 Å². The maximum absolute atomic E-state index is 12.5. The Kier molecular flexibility index (Phi) is 3.08. The first kappa shape index (κ1) is 12.6. The van der Waals surface area contributed by atoms with Crippen molar-refractivity contribution in [3.63, 3.8) is 0 Å². The molecule has 20 heavy (non-hydrogen) atoms. The first-order chi connectivity index (χ1) is 9.66. The molecule has 0 atom stereocenters. The SMILES string of the molecule is CC(=O)Nn1c(-c2cccs2)nc2ccccc2c1=O. The topological polar surface area (TPSA) is 64.0 Å². The molecular weight excluding hydrogens is 274 g/mol. The summed E-state index contributed by atoms with van der Waals surface area (Å²) in [5.41, 5.74) is 2.86. The molecule has 0 radical (unpaired) electrons. The van der Waals surface area contributed by atoms with Crippen molar-refractivity contribution in [2.24, 2.45) is 0 Å². The van der Waals surface area contributed by atoms with E-state index in [4.69, 9.17) is 0 Å². The van der Waals surface area contributed by atoms with Crippen molar-refractivity contribution < 1.29 is 4.79 Å². The summed E-state index contributed by atoms with van der Waals surface area (Å²) in [4.78, 5) is 29.1. The van der Waals surface area contributed by atoms with E-state index in [1.807, 2.05) is 23.6 Å². The van der Waals surface area contributed by atoms with Crippen molar-refractivity contribution in [3.8, 4) is 10.7 Å². The van der Waals surface area contributed by atoms with E-state index in [2.05, 4.69) is 10.4 Å². The molecule has 0 unspecified atom stereocenters. The van der Waals surface area contributed by atoms with Crippen LogP contribution in [0.15, 0.2) is 46.6 Å². The minimum Gasteiger partial charge on any atom is -0.274 e. The highest BCUT2D eigenvalue weighted by Crippen LogP contribution is 2.22. The van der Waals surface area contributed by atoms with Crippen LogP contribution in [-0.2, 0) is 4.79 Å². The molecule has 0 fully saturated rings. The van der Waals surface area contributed by atoms with Crippen LogP contribution < -0.4 is 11.0 Å². The van der Waals surface area contributed by atoms with Crippen molar-refractivity contribution in [3.05, 3.63) is 52.1 Å². The number of nitrogens with one attached hydrogen (secondary N) is 1. The van der Waals surface area contributed by atoms with E-state index in [1.54, 1.807) is 18.2 Å². The number of carbonyl (C=O) groups excluding carboxylic acids is 1. The second kappa shape index (κ2) is 4.90. The molecule has 5 nitrogen and oxygen atoms in total. The van der Waals surface area contributed by atoms with Crippen LogP contribution in [0.4, 0.5) is 0 Å². The summed E-state index contributed by atoms with van der Waals surface area (Å²) in [6, 6.07) is 10.8. The molecule has 0 aliphatic carbocycles. The van der Waals surface area contributed by atoms with Gasteiger partial charge in [0.2, 0.25) is 5.91 Å². The summed E-state index contributed by atoms with van der Waals surface area (Å²) in [5, 5.41) is 2.37. The van der Waals surface area contributed by atoms with E-state index in [0.717, 1.165) is 4.88 Å². The number of benzene rings is 1. The molecule has 6 heteroatoms. The molecule has 3 aromatic rings. The van der Waals surface area contributed by atoms with Crippen molar-refractivity contribution in [2.75, 3.05) is 5.43 Å². The van der Waals surface area contributed by atoms with Crippen LogP contribution in [0.5, 0.6) is 0 Å².